The van der Waals surface area contributed by atoms with Gasteiger partial charge < -0.3 is 14.8 Å². The third-order valence-electron chi connectivity index (χ3n) is 3.71. The van der Waals surface area contributed by atoms with E-state index in [4.69, 9.17) is 4.74 Å². The number of ether oxygens (including phenoxy) is 1. The molecule has 1 amide bonds. The molecule has 2 N–H and O–H groups in total. The molecule has 0 saturated carbocycles. The maximum Gasteiger partial charge on any atom is 0.414 e. The van der Waals surface area contributed by atoms with E-state index in [1.807, 2.05) is 33.9 Å². The molecule has 3 rings (SSSR count). The number of carbonyl (C=O) groups is 1. The monoisotopic (exact) mass is 288 g/mol. The highest BCUT2D eigenvalue weighted by Crippen LogP contribution is 2.40. The second kappa shape index (κ2) is 4.41. The first kappa shape index (κ1) is 13.8. The van der Waals surface area contributed by atoms with Crippen LogP contribution >= 0.6 is 0 Å². The number of phenolic OH excluding ortho intramolecular Hbond substituents is 1. The maximum atomic E-state index is 12.3. The molecule has 0 saturated heterocycles. The van der Waals surface area contributed by atoms with Crippen molar-refractivity contribution < 1.29 is 14.6 Å². The predicted molar refractivity (Wildman–Crippen MR) is 82.0 cm³/mol. The lowest BCUT2D eigenvalue weighted by molar-refractivity contribution is 0.0584. The first-order chi connectivity index (χ1) is 9.78. The van der Waals surface area contributed by atoms with Crippen molar-refractivity contribution >= 4 is 22.7 Å². The molecule has 5 heteroatoms. The zero-order valence-corrected chi connectivity index (χ0v) is 12.8. The van der Waals surface area contributed by atoms with E-state index in [9.17, 15) is 9.90 Å². The summed E-state index contributed by atoms with van der Waals surface area (Å²) < 4.78 is 5.44. The van der Waals surface area contributed by atoms with Crippen molar-refractivity contribution in [1.82, 2.24) is 4.98 Å². The Balaban J connectivity index is 2.07. The number of nitrogens with one attached hydrogen (secondary N) is 1. The average Bonchev–Trinajstić information content (AvgIpc) is 2.91. The number of nitrogens with zero attached hydrogens (tertiary/aromatic N) is 1. The van der Waals surface area contributed by atoms with Gasteiger partial charge in [0.25, 0.3) is 0 Å². The number of hydrogen-bond donors (Lipinski definition) is 2. The first-order valence-electron chi connectivity index (χ1n) is 7.11. The molecule has 0 spiro atoms. The normalized spacial score (nSPS) is 14.6. The van der Waals surface area contributed by atoms with Crippen LogP contribution in [0, 0.1) is 6.92 Å². The number of aryl methyl sites for hydroxylation is 1. The molecule has 0 aliphatic carbocycles. The first-order valence-corrected chi connectivity index (χ1v) is 7.11. The molecule has 2 aromatic rings. The Bertz CT molecular complexity index is 725. The van der Waals surface area contributed by atoms with Crippen LogP contribution in [0.1, 0.15) is 31.9 Å². The van der Waals surface area contributed by atoms with E-state index in [-0.39, 0.29) is 11.8 Å². The molecule has 1 aliphatic heterocycles. The van der Waals surface area contributed by atoms with E-state index < -0.39 is 5.60 Å². The number of aromatic amines is 1. The number of aromatic hydroxyl groups is 1. The Kier molecular flexibility index (Phi) is 2.90. The molecule has 1 aromatic heterocycles. The molecular weight excluding hydrogens is 268 g/mol. The number of hydrogen-bond acceptors (Lipinski definition) is 3. The summed E-state index contributed by atoms with van der Waals surface area (Å²) in [6.07, 6.45) is 2.28. The summed E-state index contributed by atoms with van der Waals surface area (Å²) in [7, 11) is 0. The minimum Gasteiger partial charge on any atom is -0.506 e. The van der Waals surface area contributed by atoms with Gasteiger partial charge in [-0.1, -0.05) is 0 Å². The van der Waals surface area contributed by atoms with Crippen molar-refractivity contribution in [2.75, 3.05) is 11.4 Å². The van der Waals surface area contributed by atoms with Crippen LogP contribution in [0.4, 0.5) is 10.5 Å². The molecule has 21 heavy (non-hydrogen) atoms. The molecular formula is C16H20N2O3. The molecule has 0 fully saturated rings. The third kappa shape index (κ3) is 2.22. The van der Waals surface area contributed by atoms with Gasteiger partial charge in [-0.05, 0) is 45.2 Å². The lowest BCUT2D eigenvalue weighted by atomic mass is 10.0. The smallest absolute Gasteiger partial charge is 0.414 e. The fraction of sp³-hybridized carbons (Fsp3) is 0.438. The van der Waals surface area contributed by atoms with Crippen molar-refractivity contribution in [3.63, 3.8) is 0 Å². The summed E-state index contributed by atoms with van der Waals surface area (Å²) in [5.74, 6) is 0.160. The predicted octanol–water partition coefficient (Wildman–Crippen LogP) is 3.48. The summed E-state index contributed by atoms with van der Waals surface area (Å²) in [5.41, 5.74) is 3.11. The minimum absolute atomic E-state index is 0.160. The van der Waals surface area contributed by atoms with Crippen molar-refractivity contribution in [2.24, 2.45) is 0 Å². The van der Waals surface area contributed by atoms with Crippen molar-refractivity contribution in [3.8, 4) is 5.75 Å². The minimum atomic E-state index is -0.532. The maximum absolute atomic E-state index is 12.3. The number of H-pyrrole nitrogens is 1. The largest absolute Gasteiger partial charge is 0.506 e. The fourth-order valence-electron chi connectivity index (χ4n) is 2.87. The Labute approximate surface area is 123 Å². The van der Waals surface area contributed by atoms with Gasteiger partial charge in [0.2, 0.25) is 0 Å². The van der Waals surface area contributed by atoms with Crippen LogP contribution in [0.25, 0.3) is 10.9 Å². The molecule has 0 bridgehead atoms. The molecule has 2 heterocycles. The summed E-state index contributed by atoms with van der Waals surface area (Å²) >= 11 is 0. The second-order valence-electron chi connectivity index (χ2n) is 6.50. The highest BCUT2D eigenvalue weighted by molar-refractivity contribution is 6.01. The van der Waals surface area contributed by atoms with Gasteiger partial charge in [-0.15, -0.1) is 0 Å². The van der Waals surface area contributed by atoms with Crippen LogP contribution in [0.3, 0.4) is 0 Å². The average molecular weight is 288 g/mol. The SMILES string of the molecule is Cc1c[nH]c2c(O)cc3c(c12)CCN3C(=O)OC(C)(C)C. The molecule has 112 valence electrons. The quantitative estimate of drug-likeness (QED) is 0.780. The third-order valence-corrected chi connectivity index (χ3v) is 3.71. The molecule has 5 nitrogen and oxygen atoms in total. The van der Waals surface area contributed by atoms with E-state index in [1.54, 1.807) is 11.0 Å². The molecule has 1 aromatic carbocycles. The number of rotatable bonds is 0. The standard InChI is InChI=1S/C16H20N2O3/c1-9-8-17-14-12(19)7-11-10(13(9)14)5-6-18(11)15(20)21-16(2,3)4/h7-8,17,19H,5-6H2,1-4H3. The molecule has 0 atom stereocenters. The van der Waals surface area contributed by atoms with Crippen molar-refractivity contribution in [1.29, 1.82) is 0 Å². The highest BCUT2D eigenvalue weighted by Gasteiger charge is 2.31. The number of phenols is 1. The topological polar surface area (TPSA) is 65.6 Å². The van der Waals surface area contributed by atoms with Gasteiger partial charge >= 0.3 is 6.09 Å². The number of carbonyl (C=O) groups excluding carboxylic acids is 1. The molecule has 0 unspecified atom stereocenters. The Hall–Kier alpha value is -2.17. The van der Waals surface area contributed by atoms with E-state index in [2.05, 4.69) is 4.98 Å². The van der Waals surface area contributed by atoms with Gasteiger partial charge in [0.05, 0.1) is 11.2 Å². The van der Waals surface area contributed by atoms with Gasteiger partial charge in [-0.3, -0.25) is 4.90 Å². The van der Waals surface area contributed by atoms with Gasteiger partial charge in [0.15, 0.2) is 0 Å². The number of benzene rings is 1. The Morgan fingerprint density at radius 2 is 2.14 bits per heavy atom. The van der Waals surface area contributed by atoms with E-state index in [0.29, 0.717) is 6.54 Å². The van der Waals surface area contributed by atoms with Gasteiger partial charge in [-0.2, -0.15) is 0 Å². The summed E-state index contributed by atoms with van der Waals surface area (Å²) in [6, 6.07) is 1.64. The van der Waals surface area contributed by atoms with E-state index in [1.165, 1.54) is 0 Å². The van der Waals surface area contributed by atoms with Crippen LogP contribution < -0.4 is 4.90 Å². The second-order valence-corrected chi connectivity index (χ2v) is 6.50. The number of fused-ring (bicyclic) bond motifs is 3. The zero-order valence-electron chi connectivity index (χ0n) is 12.8. The van der Waals surface area contributed by atoms with Crippen LogP contribution in [0.5, 0.6) is 5.75 Å². The summed E-state index contributed by atoms with van der Waals surface area (Å²) in [6.45, 7) is 8.11. The summed E-state index contributed by atoms with van der Waals surface area (Å²) in [5, 5.41) is 11.2. The van der Waals surface area contributed by atoms with Crippen LogP contribution in [-0.4, -0.2) is 28.3 Å². The van der Waals surface area contributed by atoms with Crippen LogP contribution in [0.15, 0.2) is 12.3 Å². The van der Waals surface area contributed by atoms with Gasteiger partial charge in [0, 0.05) is 24.2 Å². The number of aromatic nitrogens is 1. The van der Waals surface area contributed by atoms with E-state index in [0.717, 1.165) is 34.1 Å². The van der Waals surface area contributed by atoms with Gasteiger partial charge in [-0.25, -0.2) is 4.79 Å². The zero-order chi connectivity index (χ0) is 15.4. The van der Waals surface area contributed by atoms with Gasteiger partial charge in [0.1, 0.15) is 11.4 Å². The fourth-order valence-corrected chi connectivity index (χ4v) is 2.87. The van der Waals surface area contributed by atoms with Crippen LogP contribution in [-0.2, 0) is 11.2 Å². The van der Waals surface area contributed by atoms with E-state index >= 15 is 0 Å². The Morgan fingerprint density at radius 3 is 2.81 bits per heavy atom. The number of amides is 1. The number of anilines is 1. The Morgan fingerprint density at radius 1 is 1.43 bits per heavy atom. The van der Waals surface area contributed by atoms with Crippen LogP contribution in [0.2, 0.25) is 0 Å². The lowest BCUT2D eigenvalue weighted by Crippen LogP contribution is -2.35. The van der Waals surface area contributed by atoms with Crippen molar-refractivity contribution in [2.45, 2.75) is 39.7 Å². The summed E-state index contributed by atoms with van der Waals surface area (Å²) in [4.78, 5) is 17.0. The highest BCUT2D eigenvalue weighted by atomic mass is 16.6. The lowest BCUT2D eigenvalue weighted by Gasteiger charge is -2.24. The van der Waals surface area contributed by atoms with Crippen molar-refractivity contribution in [3.05, 3.63) is 23.4 Å². The molecule has 0 radical (unpaired) electrons. The molecule has 1 aliphatic rings.